The van der Waals surface area contributed by atoms with E-state index in [2.05, 4.69) is 40.7 Å². The fraction of sp³-hybridized carbons (Fsp3) is 0.278. The predicted molar refractivity (Wildman–Crippen MR) is 178 cm³/mol. The van der Waals surface area contributed by atoms with Crippen LogP contribution in [0, 0.1) is 12.8 Å². The Labute approximate surface area is 262 Å². The Balaban J connectivity index is 1.13. The summed E-state index contributed by atoms with van der Waals surface area (Å²) in [5.74, 6) is 0.442. The number of allylic oxidation sites excluding steroid dienone is 3. The Bertz CT molecular complexity index is 1960. The number of nitrogens with zero attached hydrogens (tertiary/aromatic N) is 5. The molecule has 1 saturated heterocycles. The third-order valence-corrected chi connectivity index (χ3v) is 8.58. The summed E-state index contributed by atoms with van der Waals surface area (Å²) in [5, 5.41) is 12.7. The molecular weight excluding hydrogens is 562 g/mol. The molecule has 0 saturated carbocycles. The molecule has 228 valence electrons. The highest BCUT2D eigenvalue weighted by molar-refractivity contribution is 5.92. The summed E-state index contributed by atoms with van der Waals surface area (Å²) in [6.07, 6.45) is 15.4. The van der Waals surface area contributed by atoms with Crippen molar-refractivity contribution in [3.63, 3.8) is 0 Å². The number of aryl methyl sites for hydroxylation is 2. The number of hydrogen-bond donors (Lipinski definition) is 2. The summed E-state index contributed by atoms with van der Waals surface area (Å²) in [5.41, 5.74) is 7.62. The van der Waals surface area contributed by atoms with Crippen LogP contribution < -0.4 is 10.6 Å². The van der Waals surface area contributed by atoms with Crippen LogP contribution in [0.5, 0.6) is 0 Å². The maximum atomic E-state index is 13.5. The number of fused-ring (bicyclic) bond motifs is 2. The van der Waals surface area contributed by atoms with Crippen molar-refractivity contribution in [2.45, 2.75) is 45.4 Å². The van der Waals surface area contributed by atoms with Gasteiger partial charge in [0, 0.05) is 36.6 Å². The Hall–Kier alpha value is -5.02. The molecule has 1 fully saturated rings. The van der Waals surface area contributed by atoms with E-state index in [0.717, 1.165) is 82.0 Å². The number of amides is 1. The van der Waals surface area contributed by atoms with E-state index in [-0.39, 0.29) is 18.1 Å². The average Bonchev–Trinajstić information content (AvgIpc) is 3.60. The van der Waals surface area contributed by atoms with Crippen LogP contribution in [-0.4, -0.2) is 36.8 Å². The largest absolute Gasteiger partial charge is 0.358 e. The lowest BCUT2D eigenvalue weighted by Crippen LogP contribution is -2.34. The molecule has 0 bridgehead atoms. The van der Waals surface area contributed by atoms with Gasteiger partial charge in [-0.2, -0.15) is 5.10 Å². The molecule has 5 aromatic rings. The number of ether oxygens (including phenoxy) is 1. The minimum atomic E-state index is -0.340. The predicted octanol–water partition coefficient (Wildman–Crippen LogP) is 6.68. The second-order valence-corrected chi connectivity index (χ2v) is 11.7. The molecule has 7 rings (SSSR count). The molecule has 9 heteroatoms. The van der Waals surface area contributed by atoms with Gasteiger partial charge in [0.2, 0.25) is 5.91 Å². The summed E-state index contributed by atoms with van der Waals surface area (Å²) in [4.78, 5) is 22.7. The third kappa shape index (κ3) is 6.04. The zero-order chi connectivity index (χ0) is 30.8. The van der Waals surface area contributed by atoms with Gasteiger partial charge < -0.3 is 19.9 Å². The molecule has 0 radical (unpaired) electrons. The molecule has 2 aliphatic rings. The van der Waals surface area contributed by atoms with Gasteiger partial charge in [-0.1, -0.05) is 24.3 Å². The van der Waals surface area contributed by atoms with Gasteiger partial charge in [-0.25, -0.2) is 9.67 Å². The van der Waals surface area contributed by atoms with Gasteiger partial charge in [0.05, 0.1) is 40.4 Å². The lowest BCUT2D eigenvalue weighted by molar-refractivity contribution is -0.124. The molecule has 45 heavy (non-hydrogen) atoms. The van der Waals surface area contributed by atoms with Crippen LogP contribution in [0.3, 0.4) is 0 Å². The fourth-order valence-electron chi connectivity index (χ4n) is 6.13. The molecule has 1 amide bonds. The third-order valence-electron chi connectivity index (χ3n) is 8.58. The van der Waals surface area contributed by atoms with E-state index >= 15 is 0 Å². The van der Waals surface area contributed by atoms with Gasteiger partial charge >= 0.3 is 0 Å². The monoisotopic (exact) mass is 599 g/mol. The second kappa shape index (κ2) is 12.5. The number of rotatable bonds is 8. The normalized spacial score (nSPS) is 18.5. The highest BCUT2D eigenvalue weighted by Gasteiger charge is 2.25. The van der Waals surface area contributed by atoms with Crippen LogP contribution in [0.2, 0.25) is 0 Å². The van der Waals surface area contributed by atoms with Crippen LogP contribution in [0.4, 0.5) is 5.69 Å². The highest BCUT2D eigenvalue weighted by atomic mass is 16.5. The standard InChI is InChI=1S/C36H37N7O2/c1-24-18-19-37-25(21-24)15-17-30-27-16-14-26(22-33(27)43(41-30)35-13-7-8-20-45-35)39-29-10-4-3-9-28(29)36(44)38-23-34-40-31-11-5-6-12-32(31)42(34)2/h3-6,10-12,14-19,21-22,28,35,39H,7-9,13,20,23H2,1-2H3,(H,38,44)/b17-15+. The fourth-order valence-corrected chi connectivity index (χ4v) is 6.13. The van der Waals surface area contributed by atoms with Crippen molar-refractivity contribution in [3.8, 4) is 0 Å². The number of carbonyl (C=O) groups excluding carboxylic acids is 1. The Kier molecular flexibility index (Phi) is 8.00. The number of nitrogens with one attached hydrogen (secondary N) is 2. The Morgan fingerprint density at radius 1 is 1.09 bits per heavy atom. The van der Waals surface area contributed by atoms with E-state index in [9.17, 15) is 4.79 Å². The molecule has 9 nitrogen and oxygen atoms in total. The molecule has 3 aromatic heterocycles. The van der Waals surface area contributed by atoms with Gasteiger partial charge in [-0.05, 0) is 98.9 Å². The molecule has 2 atom stereocenters. The lowest BCUT2D eigenvalue weighted by atomic mass is 9.95. The Morgan fingerprint density at radius 3 is 2.84 bits per heavy atom. The molecule has 1 aliphatic carbocycles. The molecule has 1 aliphatic heterocycles. The van der Waals surface area contributed by atoms with Crippen LogP contribution >= 0.6 is 0 Å². The van der Waals surface area contributed by atoms with Gasteiger partial charge in [0.25, 0.3) is 0 Å². The van der Waals surface area contributed by atoms with Crippen molar-refractivity contribution in [1.29, 1.82) is 0 Å². The number of imidazole rings is 1. The van der Waals surface area contributed by atoms with E-state index in [4.69, 9.17) is 14.8 Å². The van der Waals surface area contributed by atoms with Crippen molar-refractivity contribution in [2.75, 3.05) is 11.9 Å². The lowest BCUT2D eigenvalue weighted by Gasteiger charge is -2.24. The first-order valence-electron chi connectivity index (χ1n) is 15.6. The number of para-hydroxylation sites is 2. The molecule has 2 N–H and O–H groups in total. The van der Waals surface area contributed by atoms with Crippen molar-refractivity contribution in [1.82, 2.24) is 29.6 Å². The number of benzene rings is 2. The zero-order valence-corrected chi connectivity index (χ0v) is 25.6. The quantitative estimate of drug-likeness (QED) is 0.206. The molecule has 2 unspecified atom stereocenters. The first-order chi connectivity index (χ1) is 22.0. The van der Waals surface area contributed by atoms with Crippen LogP contribution in [-0.2, 0) is 23.1 Å². The molecule has 0 spiro atoms. The van der Waals surface area contributed by atoms with Crippen molar-refractivity contribution < 1.29 is 9.53 Å². The average molecular weight is 600 g/mol. The van der Waals surface area contributed by atoms with Crippen LogP contribution in [0.1, 0.15) is 54.7 Å². The zero-order valence-electron chi connectivity index (χ0n) is 25.6. The molecular formula is C36H37N7O2. The summed E-state index contributed by atoms with van der Waals surface area (Å²) in [7, 11) is 1.98. The van der Waals surface area contributed by atoms with E-state index < -0.39 is 0 Å². The number of pyridine rings is 1. The highest BCUT2D eigenvalue weighted by Crippen LogP contribution is 2.32. The van der Waals surface area contributed by atoms with Crippen molar-refractivity contribution in [3.05, 3.63) is 107 Å². The van der Waals surface area contributed by atoms with Crippen LogP contribution in [0.15, 0.2) is 84.7 Å². The number of anilines is 1. The van der Waals surface area contributed by atoms with Gasteiger partial charge in [-0.15, -0.1) is 0 Å². The van der Waals surface area contributed by atoms with Gasteiger partial charge in [0.1, 0.15) is 5.82 Å². The van der Waals surface area contributed by atoms with Crippen molar-refractivity contribution in [2.24, 2.45) is 13.0 Å². The summed E-state index contributed by atoms with van der Waals surface area (Å²) in [6, 6.07) is 18.3. The Morgan fingerprint density at radius 2 is 2.00 bits per heavy atom. The minimum Gasteiger partial charge on any atom is -0.358 e. The van der Waals surface area contributed by atoms with E-state index in [1.165, 1.54) is 0 Å². The van der Waals surface area contributed by atoms with E-state index in [0.29, 0.717) is 13.0 Å². The topological polar surface area (TPSA) is 98.9 Å². The summed E-state index contributed by atoms with van der Waals surface area (Å²) < 4.78 is 10.2. The van der Waals surface area contributed by atoms with Crippen LogP contribution in [0.25, 0.3) is 34.1 Å². The molecule has 4 heterocycles. The number of hydrogen-bond acceptors (Lipinski definition) is 6. The summed E-state index contributed by atoms with van der Waals surface area (Å²) >= 11 is 0. The van der Waals surface area contributed by atoms with E-state index in [1.807, 2.05) is 89.3 Å². The first-order valence-corrected chi connectivity index (χ1v) is 15.6. The maximum Gasteiger partial charge on any atom is 0.229 e. The number of aromatic nitrogens is 5. The maximum absolute atomic E-state index is 13.5. The molecule has 2 aromatic carbocycles. The smallest absolute Gasteiger partial charge is 0.229 e. The first kappa shape index (κ1) is 28.7. The van der Waals surface area contributed by atoms with E-state index in [1.54, 1.807) is 0 Å². The second-order valence-electron chi connectivity index (χ2n) is 11.7. The van der Waals surface area contributed by atoms with Gasteiger partial charge in [0.15, 0.2) is 6.23 Å². The summed E-state index contributed by atoms with van der Waals surface area (Å²) in [6.45, 7) is 3.15. The minimum absolute atomic E-state index is 0.0379. The SMILES string of the molecule is Cc1ccnc(/C=C/c2nn(C3CCCCO3)c3cc(NC4=CC=CCC4C(=O)NCc4nc5ccccc5n4C)ccc23)c1. The van der Waals surface area contributed by atoms with Gasteiger partial charge in [-0.3, -0.25) is 9.78 Å². The number of carbonyl (C=O) groups is 1. The van der Waals surface area contributed by atoms with Crippen molar-refractivity contribution >= 4 is 45.7 Å².